The number of aromatic nitrogens is 3. The number of ether oxygens (including phenoxy) is 3. The van der Waals surface area contributed by atoms with E-state index in [1.807, 2.05) is 22.9 Å². The maximum atomic E-state index is 13.1. The molecule has 0 aliphatic carbocycles. The normalized spacial score (nSPS) is 14.8. The van der Waals surface area contributed by atoms with Crippen LogP contribution in [0.2, 0.25) is 5.02 Å². The van der Waals surface area contributed by atoms with Crippen LogP contribution in [0.5, 0.6) is 11.5 Å². The van der Waals surface area contributed by atoms with Gasteiger partial charge in [0.1, 0.15) is 0 Å². The average molecular weight is 484 g/mol. The van der Waals surface area contributed by atoms with E-state index in [-0.39, 0.29) is 12.7 Å². The SMILES string of the molecule is COCCn1nc(C(=O)NCc2cccnc2)c2c1CCN(Cc1cc3c(cc1Cl)OCO3)C2. The lowest BCUT2D eigenvalue weighted by molar-refractivity contribution is 0.0942. The summed E-state index contributed by atoms with van der Waals surface area (Å²) in [5.41, 5.74) is 4.38. The molecule has 0 saturated heterocycles. The van der Waals surface area contributed by atoms with E-state index in [2.05, 4.69) is 20.3 Å². The molecule has 1 aromatic carbocycles. The molecule has 4 heterocycles. The number of hydrogen-bond donors (Lipinski definition) is 1. The number of pyridine rings is 1. The summed E-state index contributed by atoms with van der Waals surface area (Å²) >= 11 is 6.51. The first kappa shape index (κ1) is 22.6. The van der Waals surface area contributed by atoms with Crippen LogP contribution < -0.4 is 14.8 Å². The zero-order chi connectivity index (χ0) is 23.5. The number of nitrogens with zero attached hydrogens (tertiary/aromatic N) is 4. The van der Waals surface area contributed by atoms with Crippen molar-refractivity contribution < 1.29 is 19.0 Å². The highest BCUT2D eigenvalue weighted by Crippen LogP contribution is 2.37. The van der Waals surface area contributed by atoms with Crippen molar-refractivity contribution in [3.05, 3.63) is 69.8 Å². The van der Waals surface area contributed by atoms with Gasteiger partial charge in [0.2, 0.25) is 6.79 Å². The molecule has 178 valence electrons. The highest BCUT2D eigenvalue weighted by molar-refractivity contribution is 6.31. The number of methoxy groups -OCH3 is 1. The summed E-state index contributed by atoms with van der Waals surface area (Å²) in [5, 5.41) is 8.29. The van der Waals surface area contributed by atoms with Crippen LogP contribution in [0.4, 0.5) is 0 Å². The fraction of sp³-hybridized carbons (Fsp3) is 0.375. The van der Waals surface area contributed by atoms with Crippen molar-refractivity contribution in [2.45, 2.75) is 32.6 Å². The van der Waals surface area contributed by atoms with Gasteiger partial charge in [0.25, 0.3) is 5.91 Å². The monoisotopic (exact) mass is 483 g/mol. The predicted octanol–water partition coefficient (Wildman–Crippen LogP) is 2.79. The Labute approximate surface area is 202 Å². The highest BCUT2D eigenvalue weighted by atomic mass is 35.5. The Morgan fingerprint density at radius 1 is 1.29 bits per heavy atom. The van der Waals surface area contributed by atoms with Crippen molar-refractivity contribution in [1.82, 2.24) is 25.0 Å². The first-order valence-corrected chi connectivity index (χ1v) is 11.5. The lowest BCUT2D eigenvalue weighted by Crippen LogP contribution is -2.32. The molecule has 34 heavy (non-hydrogen) atoms. The number of carbonyl (C=O) groups excluding carboxylic acids is 1. The summed E-state index contributed by atoms with van der Waals surface area (Å²) in [7, 11) is 1.66. The Bertz CT molecular complexity index is 1180. The van der Waals surface area contributed by atoms with Crippen LogP contribution in [0, 0.1) is 0 Å². The molecule has 1 N–H and O–H groups in total. The number of halogens is 1. The molecule has 0 spiro atoms. The van der Waals surface area contributed by atoms with Crippen molar-refractivity contribution in [1.29, 1.82) is 0 Å². The minimum Gasteiger partial charge on any atom is -0.454 e. The number of nitrogens with one attached hydrogen (secondary N) is 1. The van der Waals surface area contributed by atoms with Gasteiger partial charge in [0, 0.05) is 74.4 Å². The third-order valence-corrected chi connectivity index (χ3v) is 6.40. The quantitative estimate of drug-likeness (QED) is 0.526. The van der Waals surface area contributed by atoms with Crippen molar-refractivity contribution in [3.8, 4) is 11.5 Å². The van der Waals surface area contributed by atoms with E-state index in [4.69, 9.17) is 25.8 Å². The van der Waals surface area contributed by atoms with Crippen molar-refractivity contribution in [2.75, 3.05) is 27.1 Å². The second kappa shape index (κ2) is 10.0. The topological polar surface area (TPSA) is 90.7 Å². The van der Waals surface area contributed by atoms with Gasteiger partial charge in [0.15, 0.2) is 17.2 Å². The zero-order valence-electron chi connectivity index (χ0n) is 18.9. The summed E-state index contributed by atoms with van der Waals surface area (Å²) in [4.78, 5) is 19.5. The first-order valence-electron chi connectivity index (χ1n) is 11.2. The molecule has 0 fully saturated rings. The van der Waals surface area contributed by atoms with Crippen LogP contribution in [-0.4, -0.2) is 52.6 Å². The van der Waals surface area contributed by atoms with Crippen LogP contribution in [0.1, 0.15) is 32.9 Å². The number of carbonyl (C=O) groups is 1. The van der Waals surface area contributed by atoms with E-state index in [1.165, 1.54) is 0 Å². The van der Waals surface area contributed by atoms with Crippen molar-refractivity contribution in [3.63, 3.8) is 0 Å². The number of hydrogen-bond acceptors (Lipinski definition) is 7. The third-order valence-electron chi connectivity index (χ3n) is 6.05. The lowest BCUT2D eigenvalue weighted by Gasteiger charge is -2.28. The van der Waals surface area contributed by atoms with Crippen LogP contribution in [0.15, 0.2) is 36.7 Å². The molecule has 3 aromatic rings. The minimum atomic E-state index is -0.195. The molecule has 2 aliphatic heterocycles. The Balaban J connectivity index is 1.35. The Hall–Kier alpha value is -3.14. The molecule has 2 aromatic heterocycles. The largest absolute Gasteiger partial charge is 0.454 e. The summed E-state index contributed by atoms with van der Waals surface area (Å²) in [6, 6.07) is 7.51. The third kappa shape index (κ3) is 4.72. The lowest BCUT2D eigenvalue weighted by atomic mass is 10.0. The van der Waals surface area contributed by atoms with Gasteiger partial charge in [0.05, 0.1) is 13.2 Å². The first-order chi connectivity index (χ1) is 16.6. The van der Waals surface area contributed by atoms with Gasteiger partial charge in [-0.2, -0.15) is 5.10 Å². The van der Waals surface area contributed by atoms with Gasteiger partial charge in [-0.05, 0) is 23.3 Å². The number of amides is 1. The van der Waals surface area contributed by atoms with Gasteiger partial charge in [-0.3, -0.25) is 19.4 Å². The second-order valence-electron chi connectivity index (χ2n) is 8.29. The smallest absolute Gasteiger partial charge is 0.272 e. The number of fused-ring (bicyclic) bond motifs is 2. The second-order valence-corrected chi connectivity index (χ2v) is 8.70. The molecule has 5 rings (SSSR count). The van der Waals surface area contributed by atoms with E-state index in [9.17, 15) is 4.79 Å². The number of benzene rings is 1. The standard InChI is InChI=1S/C24H26ClN5O4/c1-32-8-7-30-20-4-6-29(13-17-9-21-22(10-19(17)25)34-15-33-21)14-18(20)23(28-30)24(31)27-12-16-3-2-5-26-11-16/h2-3,5,9-11H,4,6-8,12-15H2,1H3,(H,27,31). The Morgan fingerprint density at radius 2 is 2.15 bits per heavy atom. The summed E-state index contributed by atoms with van der Waals surface area (Å²) < 4.78 is 18.1. The molecule has 10 heteroatoms. The Kier molecular flexibility index (Phi) is 6.66. The van der Waals surface area contributed by atoms with Crippen LogP contribution in [0.3, 0.4) is 0 Å². The van der Waals surface area contributed by atoms with E-state index >= 15 is 0 Å². The average Bonchev–Trinajstić information content (AvgIpc) is 3.46. The van der Waals surface area contributed by atoms with Crippen molar-refractivity contribution >= 4 is 17.5 Å². The molecule has 0 radical (unpaired) electrons. The predicted molar refractivity (Wildman–Crippen MR) is 125 cm³/mol. The van der Waals surface area contributed by atoms with Gasteiger partial charge in [-0.1, -0.05) is 17.7 Å². The fourth-order valence-electron chi connectivity index (χ4n) is 4.32. The molecule has 0 unspecified atom stereocenters. The number of rotatable bonds is 8. The maximum absolute atomic E-state index is 13.1. The minimum absolute atomic E-state index is 0.195. The van der Waals surface area contributed by atoms with Crippen molar-refractivity contribution in [2.24, 2.45) is 0 Å². The van der Waals surface area contributed by atoms with E-state index in [0.29, 0.717) is 55.0 Å². The summed E-state index contributed by atoms with van der Waals surface area (Å²) in [5.74, 6) is 1.18. The van der Waals surface area contributed by atoms with Crippen LogP contribution in [-0.2, 0) is 37.3 Å². The summed E-state index contributed by atoms with van der Waals surface area (Å²) in [6.07, 6.45) is 4.23. The Morgan fingerprint density at radius 3 is 2.94 bits per heavy atom. The van der Waals surface area contributed by atoms with Gasteiger partial charge in [-0.15, -0.1) is 0 Å². The molecule has 0 saturated carbocycles. The molecular formula is C24H26ClN5O4. The molecule has 0 atom stereocenters. The fourth-order valence-corrected chi connectivity index (χ4v) is 4.53. The molecule has 0 bridgehead atoms. The van der Waals surface area contributed by atoms with Crippen LogP contribution >= 0.6 is 11.6 Å². The zero-order valence-corrected chi connectivity index (χ0v) is 19.7. The van der Waals surface area contributed by atoms with E-state index in [1.54, 1.807) is 25.6 Å². The van der Waals surface area contributed by atoms with Gasteiger partial charge < -0.3 is 19.5 Å². The molecule has 2 aliphatic rings. The summed E-state index contributed by atoms with van der Waals surface area (Å²) in [6.45, 7) is 3.79. The molecular weight excluding hydrogens is 458 g/mol. The van der Waals surface area contributed by atoms with Gasteiger partial charge >= 0.3 is 0 Å². The molecule has 9 nitrogen and oxygen atoms in total. The molecule has 1 amide bonds. The highest BCUT2D eigenvalue weighted by Gasteiger charge is 2.29. The van der Waals surface area contributed by atoms with Gasteiger partial charge in [-0.25, -0.2) is 0 Å². The maximum Gasteiger partial charge on any atom is 0.272 e. The van der Waals surface area contributed by atoms with Crippen LogP contribution in [0.25, 0.3) is 0 Å². The van der Waals surface area contributed by atoms with E-state index < -0.39 is 0 Å². The van der Waals surface area contributed by atoms with E-state index in [0.717, 1.165) is 35.3 Å².